The maximum absolute atomic E-state index is 13.2. The van der Waals surface area contributed by atoms with Crippen molar-refractivity contribution in [2.24, 2.45) is 0 Å². The summed E-state index contributed by atoms with van der Waals surface area (Å²) in [7, 11) is 1.85. The fraction of sp³-hybridized carbons (Fsp3) is 0.545. The lowest BCUT2D eigenvalue weighted by atomic mass is 10.4. The summed E-state index contributed by atoms with van der Waals surface area (Å²) in [4.78, 5) is 4.40. The predicted molar refractivity (Wildman–Crippen MR) is 55.2 cm³/mol. The minimum Gasteiger partial charge on any atom is -0.486 e. The van der Waals surface area contributed by atoms with Crippen LogP contribution in [0.3, 0.4) is 0 Å². The van der Waals surface area contributed by atoms with Crippen LogP contribution in [-0.2, 0) is 0 Å². The van der Waals surface area contributed by atoms with Crippen LogP contribution in [-0.4, -0.2) is 36.1 Å². The highest BCUT2D eigenvalue weighted by molar-refractivity contribution is 5.24. The van der Waals surface area contributed by atoms with Gasteiger partial charge >= 0.3 is 0 Å². The lowest BCUT2D eigenvalue weighted by Crippen LogP contribution is -2.26. The van der Waals surface area contributed by atoms with Gasteiger partial charge in [-0.15, -0.1) is 0 Å². The molecule has 0 saturated heterocycles. The second-order valence-electron chi connectivity index (χ2n) is 4.21. The zero-order valence-corrected chi connectivity index (χ0v) is 9.72. The van der Waals surface area contributed by atoms with Gasteiger partial charge in [0.05, 0.1) is 0 Å². The average molecular weight is 264 g/mol. The van der Waals surface area contributed by atoms with Crippen molar-refractivity contribution in [3.63, 3.8) is 0 Å². The molecule has 1 saturated carbocycles. The second-order valence-corrected chi connectivity index (χ2v) is 4.21. The number of aromatic nitrogens is 1. The molecule has 0 unspecified atom stereocenters. The van der Waals surface area contributed by atoms with Crippen molar-refractivity contribution >= 4 is 0 Å². The summed E-state index contributed by atoms with van der Waals surface area (Å²) in [5.74, 6) is -7.69. The predicted octanol–water partition coefficient (Wildman–Crippen LogP) is 2.11. The molecule has 0 bridgehead atoms. The lowest BCUT2D eigenvalue weighted by molar-refractivity contribution is 0.211. The van der Waals surface area contributed by atoms with Crippen LogP contribution in [0.15, 0.2) is 0 Å². The topological polar surface area (TPSA) is 25.4 Å². The molecule has 0 aromatic carbocycles. The molecule has 1 aliphatic carbocycles. The molecule has 0 spiro atoms. The number of nitrogens with zero attached hydrogens (tertiary/aromatic N) is 2. The molecule has 1 aromatic heterocycles. The SMILES string of the molecule is CN(CCOc1c(F)c(F)nc(F)c1F)C1CC1. The standard InChI is InChI=1S/C11H12F4N2O/c1-17(6-2-3-6)4-5-18-9-7(12)10(14)16-11(15)8(9)13/h6H,2-5H2,1H3. The van der Waals surface area contributed by atoms with Crippen LogP contribution in [0.2, 0.25) is 0 Å². The van der Waals surface area contributed by atoms with E-state index in [1.54, 1.807) is 0 Å². The van der Waals surface area contributed by atoms with E-state index in [0.29, 0.717) is 12.6 Å². The number of halogens is 4. The smallest absolute Gasteiger partial charge is 0.255 e. The summed E-state index contributed by atoms with van der Waals surface area (Å²) in [6, 6.07) is 0.467. The lowest BCUT2D eigenvalue weighted by Gasteiger charge is -2.16. The van der Waals surface area contributed by atoms with Crippen LogP contribution < -0.4 is 4.74 Å². The molecule has 100 valence electrons. The first-order chi connectivity index (χ1) is 8.50. The highest BCUT2D eigenvalue weighted by atomic mass is 19.2. The molecule has 2 rings (SSSR count). The Kier molecular flexibility index (Phi) is 3.70. The maximum atomic E-state index is 13.2. The first-order valence-electron chi connectivity index (χ1n) is 5.53. The number of likely N-dealkylation sites (N-methyl/N-ethyl adjacent to an activating group) is 1. The van der Waals surface area contributed by atoms with E-state index >= 15 is 0 Å². The largest absolute Gasteiger partial charge is 0.486 e. The van der Waals surface area contributed by atoms with E-state index < -0.39 is 29.3 Å². The van der Waals surface area contributed by atoms with Crippen molar-refractivity contribution in [2.45, 2.75) is 18.9 Å². The number of hydrogen-bond donors (Lipinski definition) is 0. The van der Waals surface area contributed by atoms with Crippen molar-refractivity contribution in [3.8, 4) is 5.75 Å². The molecule has 1 aliphatic rings. The van der Waals surface area contributed by atoms with Gasteiger partial charge in [-0.1, -0.05) is 0 Å². The van der Waals surface area contributed by atoms with E-state index in [-0.39, 0.29) is 6.61 Å². The van der Waals surface area contributed by atoms with Crippen molar-refractivity contribution < 1.29 is 22.3 Å². The van der Waals surface area contributed by atoms with E-state index in [0.717, 1.165) is 12.8 Å². The van der Waals surface area contributed by atoms with Crippen LogP contribution in [0.4, 0.5) is 17.6 Å². The van der Waals surface area contributed by atoms with E-state index in [1.165, 1.54) is 0 Å². The molecule has 7 heteroatoms. The Labute approximate surface area is 101 Å². The third kappa shape index (κ3) is 2.72. The first kappa shape index (κ1) is 13.1. The molecule has 0 atom stereocenters. The Hall–Kier alpha value is -1.37. The Morgan fingerprint density at radius 1 is 1.17 bits per heavy atom. The fourth-order valence-electron chi connectivity index (χ4n) is 1.58. The van der Waals surface area contributed by atoms with Gasteiger partial charge < -0.3 is 9.64 Å². The highest BCUT2D eigenvalue weighted by Gasteiger charge is 2.26. The van der Waals surface area contributed by atoms with E-state index in [9.17, 15) is 17.6 Å². The van der Waals surface area contributed by atoms with Gasteiger partial charge in [0.2, 0.25) is 11.6 Å². The Bertz CT molecular complexity index is 425. The van der Waals surface area contributed by atoms with Gasteiger partial charge in [-0.05, 0) is 19.9 Å². The van der Waals surface area contributed by atoms with Gasteiger partial charge in [-0.3, -0.25) is 0 Å². The molecule has 1 aromatic rings. The highest BCUT2D eigenvalue weighted by Crippen LogP contribution is 2.26. The van der Waals surface area contributed by atoms with Crippen molar-refractivity contribution in [2.75, 3.05) is 20.2 Å². The Morgan fingerprint density at radius 2 is 1.72 bits per heavy atom. The van der Waals surface area contributed by atoms with Crippen molar-refractivity contribution in [1.82, 2.24) is 9.88 Å². The van der Waals surface area contributed by atoms with E-state index in [1.807, 2.05) is 11.9 Å². The summed E-state index contributed by atoms with van der Waals surface area (Å²) < 4.78 is 56.6. The molecule has 0 N–H and O–H groups in total. The minimum atomic E-state index is -1.71. The molecular formula is C11H12F4N2O. The van der Waals surface area contributed by atoms with Gasteiger partial charge in [-0.25, -0.2) is 0 Å². The molecule has 0 amide bonds. The van der Waals surface area contributed by atoms with Crippen LogP contribution in [0.5, 0.6) is 5.75 Å². The number of hydrogen-bond acceptors (Lipinski definition) is 3. The third-order valence-electron chi connectivity index (χ3n) is 2.82. The summed E-state index contributed by atoms with van der Waals surface area (Å²) >= 11 is 0. The van der Waals surface area contributed by atoms with Crippen LogP contribution in [0.1, 0.15) is 12.8 Å². The summed E-state index contributed by atoms with van der Waals surface area (Å²) in [5.41, 5.74) is 0. The molecule has 0 radical (unpaired) electrons. The summed E-state index contributed by atoms with van der Waals surface area (Å²) in [6.45, 7) is 0.374. The minimum absolute atomic E-state index is 0.0519. The van der Waals surface area contributed by atoms with Gasteiger partial charge in [0.1, 0.15) is 6.61 Å². The second kappa shape index (κ2) is 5.09. The summed E-state index contributed by atoms with van der Waals surface area (Å²) in [6.07, 6.45) is 2.16. The zero-order valence-electron chi connectivity index (χ0n) is 9.72. The number of rotatable bonds is 5. The molecule has 1 heterocycles. The van der Waals surface area contributed by atoms with Crippen LogP contribution >= 0.6 is 0 Å². The molecule has 0 aliphatic heterocycles. The molecular weight excluding hydrogens is 252 g/mol. The van der Waals surface area contributed by atoms with E-state index in [4.69, 9.17) is 4.74 Å². The van der Waals surface area contributed by atoms with E-state index in [2.05, 4.69) is 4.98 Å². The van der Waals surface area contributed by atoms with Gasteiger partial charge in [-0.2, -0.15) is 22.5 Å². The van der Waals surface area contributed by atoms with Crippen molar-refractivity contribution in [3.05, 3.63) is 23.5 Å². The zero-order chi connectivity index (χ0) is 13.3. The Balaban J connectivity index is 1.99. The van der Waals surface area contributed by atoms with Crippen LogP contribution in [0.25, 0.3) is 0 Å². The monoisotopic (exact) mass is 264 g/mol. The first-order valence-corrected chi connectivity index (χ1v) is 5.53. The number of ether oxygens (including phenoxy) is 1. The maximum Gasteiger partial charge on any atom is 0.255 e. The molecule has 1 fully saturated rings. The quantitative estimate of drug-likeness (QED) is 0.601. The van der Waals surface area contributed by atoms with Crippen molar-refractivity contribution in [1.29, 1.82) is 0 Å². The number of pyridine rings is 1. The Morgan fingerprint density at radius 3 is 2.22 bits per heavy atom. The fourth-order valence-corrected chi connectivity index (χ4v) is 1.58. The molecule has 18 heavy (non-hydrogen) atoms. The third-order valence-corrected chi connectivity index (χ3v) is 2.82. The summed E-state index contributed by atoms with van der Waals surface area (Å²) in [5, 5.41) is 0. The average Bonchev–Trinajstić information content (AvgIpc) is 3.15. The van der Waals surface area contributed by atoms with Gasteiger partial charge in [0, 0.05) is 12.6 Å². The normalized spacial score (nSPS) is 15.2. The van der Waals surface area contributed by atoms with Gasteiger partial charge in [0.15, 0.2) is 5.75 Å². The van der Waals surface area contributed by atoms with Gasteiger partial charge in [0.25, 0.3) is 11.9 Å². The molecule has 3 nitrogen and oxygen atoms in total. The van der Waals surface area contributed by atoms with Crippen LogP contribution in [0, 0.1) is 23.5 Å².